The van der Waals surface area contributed by atoms with Gasteiger partial charge in [0.2, 0.25) is 11.8 Å². The van der Waals surface area contributed by atoms with E-state index in [0.717, 1.165) is 22.3 Å². The molecule has 3 heterocycles. The Labute approximate surface area is 158 Å². The van der Waals surface area contributed by atoms with E-state index in [0.29, 0.717) is 16.3 Å². The molecule has 8 heteroatoms. The highest BCUT2D eigenvalue weighted by Crippen LogP contribution is 2.30. The normalized spacial score (nSPS) is 10.8. The van der Waals surface area contributed by atoms with Crippen molar-refractivity contribution in [3.05, 3.63) is 65.3 Å². The maximum absolute atomic E-state index is 12.3. The summed E-state index contributed by atoms with van der Waals surface area (Å²) in [4.78, 5) is 35.4. The quantitative estimate of drug-likeness (QED) is 0.496. The molecule has 0 saturated heterocycles. The van der Waals surface area contributed by atoms with Gasteiger partial charge in [0, 0.05) is 34.3 Å². The van der Waals surface area contributed by atoms with Crippen LogP contribution in [-0.2, 0) is 11.2 Å². The number of aromatic nitrogens is 3. The molecule has 0 spiro atoms. The van der Waals surface area contributed by atoms with Crippen LogP contribution in [0.1, 0.15) is 15.9 Å². The van der Waals surface area contributed by atoms with Crippen molar-refractivity contribution in [1.82, 2.24) is 15.0 Å². The zero-order valence-corrected chi connectivity index (χ0v) is 14.9. The van der Waals surface area contributed by atoms with Gasteiger partial charge < -0.3 is 16.0 Å². The van der Waals surface area contributed by atoms with Gasteiger partial charge in [-0.25, -0.2) is 9.97 Å². The number of pyridine rings is 1. The van der Waals surface area contributed by atoms with E-state index < -0.39 is 5.91 Å². The fourth-order valence-corrected chi connectivity index (χ4v) is 3.53. The van der Waals surface area contributed by atoms with Crippen molar-refractivity contribution in [2.24, 2.45) is 5.73 Å². The van der Waals surface area contributed by atoms with Crippen LogP contribution in [0.15, 0.2) is 54.2 Å². The number of anilines is 1. The Balaban J connectivity index is 1.48. The first-order valence-corrected chi connectivity index (χ1v) is 9.05. The molecule has 1 aromatic carbocycles. The van der Waals surface area contributed by atoms with Gasteiger partial charge in [0.25, 0.3) is 0 Å². The molecular weight excluding hydrogens is 362 g/mol. The minimum absolute atomic E-state index is 0.132. The summed E-state index contributed by atoms with van der Waals surface area (Å²) in [6, 6.07) is 10.6. The molecule has 7 nitrogen and oxygen atoms in total. The van der Waals surface area contributed by atoms with Crippen LogP contribution in [0.4, 0.5) is 5.13 Å². The predicted molar refractivity (Wildman–Crippen MR) is 104 cm³/mol. The van der Waals surface area contributed by atoms with Gasteiger partial charge in [0.1, 0.15) is 5.65 Å². The highest BCUT2D eigenvalue weighted by atomic mass is 32.1. The van der Waals surface area contributed by atoms with Crippen LogP contribution in [0.2, 0.25) is 0 Å². The van der Waals surface area contributed by atoms with Crippen molar-refractivity contribution in [2.75, 3.05) is 5.32 Å². The maximum Gasteiger partial charge on any atom is 0.248 e. The van der Waals surface area contributed by atoms with Gasteiger partial charge in [-0.15, -0.1) is 11.3 Å². The van der Waals surface area contributed by atoms with E-state index in [-0.39, 0.29) is 12.3 Å². The molecule has 4 aromatic rings. The standard InChI is InChI=1S/C19H15N5O2S/c20-17(26)12-4-1-3-11(7-12)8-16(25)24-19-23-15(10-27-19)14-9-22-18-13(14)5-2-6-21-18/h1-7,9-10H,8H2,(H2,20,26)(H,21,22)(H,23,24,25). The number of nitrogens with two attached hydrogens (primary N) is 1. The van der Waals surface area contributed by atoms with E-state index in [4.69, 9.17) is 5.73 Å². The SMILES string of the molecule is NC(=O)c1cccc(CC(=O)Nc2nc(-c3c[nH]c4ncccc34)cs2)c1. The zero-order chi connectivity index (χ0) is 18.8. The van der Waals surface area contributed by atoms with E-state index in [9.17, 15) is 9.59 Å². The summed E-state index contributed by atoms with van der Waals surface area (Å²) in [7, 11) is 0. The highest BCUT2D eigenvalue weighted by molar-refractivity contribution is 7.14. The number of rotatable bonds is 5. The number of carbonyl (C=O) groups is 2. The molecule has 0 aliphatic heterocycles. The van der Waals surface area contributed by atoms with E-state index in [1.54, 1.807) is 30.5 Å². The Hall–Kier alpha value is -3.52. The lowest BCUT2D eigenvalue weighted by molar-refractivity contribution is -0.115. The minimum Gasteiger partial charge on any atom is -0.366 e. The average Bonchev–Trinajstić information content (AvgIpc) is 3.28. The number of fused-ring (bicyclic) bond motifs is 1. The van der Waals surface area contributed by atoms with Gasteiger partial charge in [-0.2, -0.15) is 0 Å². The molecule has 4 N–H and O–H groups in total. The Bertz CT molecular complexity index is 1150. The number of benzene rings is 1. The molecule has 3 aromatic heterocycles. The van der Waals surface area contributed by atoms with Gasteiger partial charge in [-0.05, 0) is 29.8 Å². The first-order chi connectivity index (χ1) is 13.1. The number of amides is 2. The van der Waals surface area contributed by atoms with Gasteiger partial charge >= 0.3 is 0 Å². The minimum atomic E-state index is -0.518. The number of nitrogens with one attached hydrogen (secondary N) is 2. The van der Waals surface area contributed by atoms with Gasteiger partial charge in [0.05, 0.1) is 12.1 Å². The molecule has 0 saturated carbocycles. The summed E-state index contributed by atoms with van der Waals surface area (Å²) in [5.41, 5.74) is 8.86. The van der Waals surface area contributed by atoms with Crippen LogP contribution in [-0.4, -0.2) is 26.8 Å². The van der Waals surface area contributed by atoms with Crippen LogP contribution in [0, 0.1) is 0 Å². The fraction of sp³-hybridized carbons (Fsp3) is 0.0526. The molecule has 0 atom stereocenters. The van der Waals surface area contributed by atoms with Gasteiger partial charge in [-0.3, -0.25) is 9.59 Å². The average molecular weight is 377 g/mol. The lowest BCUT2D eigenvalue weighted by Gasteiger charge is -2.03. The molecule has 2 amide bonds. The van der Waals surface area contributed by atoms with Crippen molar-refractivity contribution in [3.63, 3.8) is 0 Å². The van der Waals surface area contributed by atoms with Crippen molar-refractivity contribution >= 4 is 39.3 Å². The van der Waals surface area contributed by atoms with Crippen LogP contribution in [0.25, 0.3) is 22.3 Å². The number of nitrogens with zero attached hydrogens (tertiary/aromatic N) is 2. The largest absolute Gasteiger partial charge is 0.366 e. The summed E-state index contributed by atoms with van der Waals surface area (Å²) >= 11 is 1.35. The third-order valence-corrected chi connectivity index (χ3v) is 4.81. The van der Waals surface area contributed by atoms with Crippen molar-refractivity contribution < 1.29 is 9.59 Å². The number of thiazole rings is 1. The molecule has 0 fully saturated rings. The number of H-pyrrole nitrogens is 1. The molecule has 0 aliphatic rings. The topological polar surface area (TPSA) is 114 Å². The maximum atomic E-state index is 12.3. The Morgan fingerprint density at radius 3 is 2.96 bits per heavy atom. The molecule has 4 rings (SSSR count). The first kappa shape index (κ1) is 16.9. The third kappa shape index (κ3) is 3.56. The summed E-state index contributed by atoms with van der Waals surface area (Å²) in [6.07, 6.45) is 3.71. The smallest absolute Gasteiger partial charge is 0.248 e. The summed E-state index contributed by atoms with van der Waals surface area (Å²) in [5, 5.41) is 6.17. The van der Waals surface area contributed by atoms with Crippen LogP contribution >= 0.6 is 11.3 Å². The van der Waals surface area contributed by atoms with E-state index in [2.05, 4.69) is 20.3 Å². The summed E-state index contributed by atoms with van der Waals surface area (Å²) in [6.45, 7) is 0. The number of carbonyl (C=O) groups excluding carboxylic acids is 2. The second-order valence-corrected chi connectivity index (χ2v) is 6.79. The van der Waals surface area contributed by atoms with Crippen molar-refractivity contribution in [3.8, 4) is 11.3 Å². The van der Waals surface area contributed by atoms with E-state index >= 15 is 0 Å². The second-order valence-electron chi connectivity index (χ2n) is 5.93. The fourth-order valence-electron chi connectivity index (χ4n) is 2.81. The van der Waals surface area contributed by atoms with Crippen LogP contribution < -0.4 is 11.1 Å². The Kier molecular flexibility index (Phi) is 4.39. The number of hydrogen-bond donors (Lipinski definition) is 3. The molecule has 0 unspecified atom stereocenters. The van der Waals surface area contributed by atoms with Crippen LogP contribution in [0.5, 0.6) is 0 Å². The van der Waals surface area contributed by atoms with Crippen molar-refractivity contribution in [2.45, 2.75) is 6.42 Å². The Morgan fingerprint density at radius 2 is 2.11 bits per heavy atom. The molecular formula is C19H15N5O2S. The second kappa shape index (κ2) is 7.00. The predicted octanol–water partition coefficient (Wildman–Crippen LogP) is 2.97. The number of hydrogen-bond acceptors (Lipinski definition) is 5. The first-order valence-electron chi connectivity index (χ1n) is 8.17. The van der Waals surface area contributed by atoms with Gasteiger partial charge in [0.15, 0.2) is 5.13 Å². The monoisotopic (exact) mass is 377 g/mol. The van der Waals surface area contributed by atoms with Crippen molar-refractivity contribution in [1.29, 1.82) is 0 Å². The summed E-state index contributed by atoms with van der Waals surface area (Å²) < 4.78 is 0. The summed E-state index contributed by atoms with van der Waals surface area (Å²) in [5.74, 6) is -0.729. The number of aromatic amines is 1. The Morgan fingerprint density at radius 1 is 1.22 bits per heavy atom. The van der Waals surface area contributed by atoms with E-state index in [1.807, 2.05) is 23.7 Å². The number of primary amides is 1. The molecule has 134 valence electrons. The molecule has 0 radical (unpaired) electrons. The van der Waals surface area contributed by atoms with Crippen LogP contribution in [0.3, 0.4) is 0 Å². The van der Waals surface area contributed by atoms with Gasteiger partial charge in [-0.1, -0.05) is 12.1 Å². The van der Waals surface area contributed by atoms with E-state index in [1.165, 1.54) is 11.3 Å². The molecule has 0 bridgehead atoms. The highest BCUT2D eigenvalue weighted by Gasteiger charge is 2.12. The lowest BCUT2D eigenvalue weighted by Crippen LogP contribution is -2.15. The third-order valence-electron chi connectivity index (χ3n) is 4.05. The molecule has 27 heavy (non-hydrogen) atoms. The zero-order valence-electron chi connectivity index (χ0n) is 14.1. The lowest BCUT2D eigenvalue weighted by atomic mass is 10.1. The molecule has 0 aliphatic carbocycles.